The Kier molecular flexibility index (Phi) is 4.02. The van der Waals surface area contributed by atoms with E-state index in [2.05, 4.69) is 0 Å². The van der Waals surface area contributed by atoms with Gasteiger partial charge < -0.3 is 29.2 Å². The van der Waals surface area contributed by atoms with Crippen LogP contribution in [0.5, 0.6) is 5.75 Å². The maximum atomic E-state index is 13.5. The van der Waals surface area contributed by atoms with Gasteiger partial charge in [0.05, 0.1) is 30.6 Å². The number of rotatable bonds is 4. The van der Waals surface area contributed by atoms with Crippen LogP contribution < -0.4 is 10.4 Å². The molecule has 0 unspecified atom stereocenters. The summed E-state index contributed by atoms with van der Waals surface area (Å²) in [7, 11) is 1.33. The van der Waals surface area contributed by atoms with Gasteiger partial charge >= 0.3 is 11.6 Å². The number of hydrogen-bond donors (Lipinski definition) is 3. The van der Waals surface area contributed by atoms with Gasteiger partial charge in [-0.15, -0.1) is 0 Å². The number of ether oxygens (including phenoxy) is 2. The van der Waals surface area contributed by atoms with Gasteiger partial charge in [0.1, 0.15) is 23.2 Å². The van der Waals surface area contributed by atoms with Crippen molar-refractivity contribution in [3.05, 3.63) is 64.2 Å². The molecule has 9 heteroatoms. The Balaban J connectivity index is 1.76. The second kappa shape index (κ2) is 6.25. The van der Waals surface area contributed by atoms with Gasteiger partial charge in [-0.2, -0.15) is 0 Å². The molecule has 3 aliphatic rings. The summed E-state index contributed by atoms with van der Waals surface area (Å²) in [6.07, 6.45) is -1.37. The zero-order valence-electron chi connectivity index (χ0n) is 16.5. The first-order valence-corrected chi connectivity index (χ1v) is 9.81. The normalized spacial score (nSPS) is 38.1. The second-order valence-electron chi connectivity index (χ2n) is 8.43. The minimum atomic E-state index is -2.74. The van der Waals surface area contributed by atoms with Crippen molar-refractivity contribution in [1.82, 2.24) is 0 Å². The van der Waals surface area contributed by atoms with Crippen molar-refractivity contribution in [3.8, 4) is 5.75 Å². The molecular weight excluding hydrogens is 408 g/mol. The first-order chi connectivity index (χ1) is 14.6. The van der Waals surface area contributed by atoms with Crippen LogP contribution in [0.1, 0.15) is 34.9 Å². The molecule has 3 fully saturated rings. The molecule has 2 aromatic rings. The number of carbonyl (C=O) groups is 2. The molecule has 0 spiro atoms. The number of carbonyl (C=O) groups excluding carboxylic acids is 2. The van der Waals surface area contributed by atoms with E-state index in [1.54, 1.807) is 18.2 Å². The lowest BCUT2D eigenvalue weighted by Gasteiger charge is -2.49. The second-order valence-corrected chi connectivity index (χ2v) is 8.43. The molecule has 3 N–H and O–H groups in total. The Morgan fingerprint density at radius 3 is 2.48 bits per heavy atom. The molecule has 0 radical (unpaired) electrons. The molecule has 1 aliphatic heterocycles. The smallest absolute Gasteiger partial charge is 0.342 e. The SMILES string of the molecule is COc1cc([C@H]2[C@@]3(O)C[C@H]4C[C@]2(O)[C@@](O)(C(=O)O4)[C@H]3C(=O)c2ccccc2)oc(=O)c1. The third kappa shape index (κ3) is 2.39. The average Bonchev–Trinajstić information content (AvgIpc) is 2.76. The molecule has 9 nitrogen and oxygen atoms in total. The first-order valence-electron chi connectivity index (χ1n) is 9.81. The van der Waals surface area contributed by atoms with Gasteiger partial charge in [-0.1, -0.05) is 30.3 Å². The predicted octanol–water partition coefficient (Wildman–Crippen LogP) is 0.157. The fourth-order valence-corrected chi connectivity index (χ4v) is 5.72. The summed E-state index contributed by atoms with van der Waals surface area (Å²) < 4.78 is 15.6. The number of hydrogen-bond acceptors (Lipinski definition) is 9. The predicted molar refractivity (Wildman–Crippen MR) is 102 cm³/mol. The number of aliphatic hydroxyl groups is 3. The van der Waals surface area contributed by atoms with Crippen molar-refractivity contribution in [2.75, 3.05) is 7.11 Å². The van der Waals surface area contributed by atoms with E-state index in [0.29, 0.717) is 0 Å². The van der Waals surface area contributed by atoms with Crippen molar-refractivity contribution >= 4 is 11.8 Å². The van der Waals surface area contributed by atoms with Crippen molar-refractivity contribution in [2.24, 2.45) is 5.92 Å². The van der Waals surface area contributed by atoms with E-state index in [4.69, 9.17) is 13.9 Å². The number of methoxy groups -OCH3 is 1. The minimum Gasteiger partial charge on any atom is -0.496 e. The zero-order chi connectivity index (χ0) is 22.2. The van der Waals surface area contributed by atoms with Gasteiger partial charge in [-0.25, -0.2) is 9.59 Å². The number of ketones is 1. The molecule has 6 atom stereocenters. The molecule has 1 aromatic carbocycles. The number of Topliss-reactive ketones (excluding diaryl/α,β-unsaturated/α-hetero) is 1. The lowest BCUT2D eigenvalue weighted by molar-refractivity contribution is -0.234. The molecule has 1 saturated heterocycles. The van der Waals surface area contributed by atoms with Crippen LogP contribution in [0, 0.1) is 5.92 Å². The number of fused-ring (bicyclic) bond motifs is 2. The van der Waals surface area contributed by atoms with E-state index in [1.165, 1.54) is 25.3 Å². The lowest BCUT2D eigenvalue weighted by atomic mass is 9.67. The van der Waals surface area contributed by atoms with Crippen LogP contribution in [0.25, 0.3) is 0 Å². The van der Waals surface area contributed by atoms with Crippen LogP contribution in [0.2, 0.25) is 0 Å². The van der Waals surface area contributed by atoms with Crippen LogP contribution in [0.15, 0.2) is 51.7 Å². The monoisotopic (exact) mass is 428 g/mol. The third-order valence-corrected chi connectivity index (χ3v) is 6.84. The van der Waals surface area contributed by atoms with E-state index < -0.39 is 52.1 Å². The van der Waals surface area contributed by atoms with E-state index >= 15 is 0 Å². The van der Waals surface area contributed by atoms with Gasteiger partial charge in [-0.05, 0) is 0 Å². The fourth-order valence-electron chi connectivity index (χ4n) is 5.72. The molecule has 162 valence electrons. The van der Waals surface area contributed by atoms with Gasteiger partial charge in [0.15, 0.2) is 5.78 Å². The molecular formula is C22H20O9. The summed E-state index contributed by atoms with van der Waals surface area (Å²) in [4.78, 5) is 38.4. The average molecular weight is 428 g/mol. The Hall–Kier alpha value is -3.01. The van der Waals surface area contributed by atoms with Crippen molar-refractivity contribution in [1.29, 1.82) is 0 Å². The highest BCUT2D eigenvalue weighted by Crippen LogP contribution is 2.67. The maximum absolute atomic E-state index is 13.5. The van der Waals surface area contributed by atoms with E-state index in [1.807, 2.05) is 0 Å². The molecule has 0 amide bonds. The Bertz CT molecular complexity index is 1140. The summed E-state index contributed by atoms with van der Waals surface area (Å²) in [6.45, 7) is 0. The van der Waals surface area contributed by atoms with Crippen molar-refractivity contribution in [2.45, 2.75) is 41.7 Å². The zero-order valence-corrected chi connectivity index (χ0v) is 16.5. The van der Waals surface area contributed by atoms with E-state index in [-0.39, 0.29) is 29.9 Å². The summed E-state index contributed by atoms with van der Waals surface area (Å²) in [5.41, 5.74) is -7.84. The summed E-state index contributed by atoms with van der Waals surface area (Å²) in [5, 5.41) is 35.1. The van der Waals surface area contributed by atoms with Gasteiger partial charge in [-0.3, -0.25) is 4.79 Å². The van der Waals surface area contributed by atoms with Crippen LogP contribution in [0.4, 0.5) is 0 Å². The number of esters is 1. The van der Waals surface area contributed by atoms with Crippen LogP contribution in [-0.4, -0.2) is 57.1 Å². The van der Waals surface area contributed by atoms with Crippen LogP contribution in [0.3, 0.4) is 0 Å². The van der Waals surface area contributed by atoms with Crippen molar-refractivity contribution in [3.63, 3.8) is 0 Å². The van der Waals surface area contributed by atoms with Crippen LogP contribution in [-0.2, 0) is 9.53 Å². The fraction of sp³-hybridized carbons (Fsp3) is 0.409. The van der Waals surface area contributed by atoms with Gasteiger partial charge in [0, 0.05) is 24.5 Å². The summed E-state index contributed by atoms with van der Waals surface area (Å²) in [5.74, 6) is -5.19. The van der Waals surface area contributed by atoms with E-state index in [0.717, 1.165) is 6.07 Å². The van der Waals surface area contributed by atoms with Gasteiger partial charge in [0.2, 0.25) is 5.60 Å². The quantitative estimate of drug-likeness (QED) is 0.458. The summed E-state index contributed by atoms with van der Waals surface area (Å²) in [6, 6.07) is 10.2. The minimum absolute atomic E-state index is 0.106. The largest absolute Gasteiger partial charge is 0.496 e. The lowest BCUT2D eigenvalue weighted by Crippen LogP contribution is -2.67. The Morgan fingerprint density at radius 1 is 1.10 bits per heavy atom. The molecule has 1 aromatic heterocycles. The Morgan fingerprint density at radius 2 is 1.81 bits per heavy atom. The van der Waals surface area contributed by atoms with E-state index in [9.17, 15) is 29.7 Å². The number of benzene rings is 1. The molecule has 2 heterocycles. The molecule has 3 bridgehead atoms. The highest BCUT2D eigenvalue weighted by atomic mass is 16.6. The summed E-state index contributed by atoms with van der Waals surface area (Å²) >= 11 is 0. The third-order valence-electron chi connectivity index (χ3n) is 6.84. The maximum Gasteiger partial charge on any atom is 0.342 e. The topological polar surface area (TPSA) is 144 Å². The van der Waals surface area contributed by atoms with Crippen LogP contribution >= 0.6 is 0 Å². The molecule has 31 heavy (non-hydrogen) atoms. The highest BCUT2D eigenvalue weighted by molar-refractivity contribution is 6.04. The first kappa shape index (κ1) is 19.9. The van der Waals surface area contributed by atoms with Crippen molar-refractivity contribution < 1.29 is 38.8 Å². The molecule has 2 aliphatic carbocycles. The Labute approximate surface area is 175 Å². The highest BCUT2D eigenvalue weighted by Gasteiger charge is 2.85. The standard InChI is InChI=1S/C22H20O9/c1-29-12-7-14(31-15(23)8-12)17-20(26)9-13-10-21(17,27)22(28,19(25)30-13)18(20)16(24)11-5-3-2-4-6-11/h2-8,13,17-18,26-28H,9-10H2,1H3/t13-,17-,18-,20-,21+,22-/m0/s1. The molecule has 5 rings (SSSR count). The molecule has 2 saturated carbocycles. The van der Waals surface area contributed by atoms with Gasteiger partial charge in [0.25, 0.3) is 0 Å².